The Bertz CT molecular complexity index is 1210. The number of benzene rings is 1. The van der Waals surface area contributed by atoms with E-state index in [-0.39, 0.29) is 0 Å². The van der Waals surface area contributed by atoms with Crippen LogP contribution in [0.1, 0.15) is 11.3 Å². The molecule has 7 heteroatoms. The lowest BCUT2D eigenvalue weighted by molar-refractivity contribution is 0.307. The number of fused-ring (bicyclic) bond motifs is 2. The largest absolute Gasteiger partial charge is 0.480 e. The first-order valence-electron chi connectivity index (χ1n) is 9.90. The fraction of sp³-hybridized carbons (Fsp3) is 0.217. The SMILES string of the molecule is COc1nc2c(cc1Nc1ncc3cccc(-c4cccnc4)c3n1)CN(C)CC2. The molecule has 0 saturated carbocycles. The summed E-state index contributed by atoms with van der Waals surface area (Å²) in [5.74, 6) is 1.06. The van der Waals surface area contributed by atoms with Crippen molar-refractivity contribution < 1.29 is 4.74 Å². The number of methoxy groups -OCH3 is 1. The third-order valence-electron chi connectivity index (χ3n) is 5.35. The molecule has 0 bridgehead atoms. The van der Waals surface area contributed by atoms with Crippen LogP contribution in [0.4, 0.5) is 11.6 Å². The molecule has 0 aliphatic carbocycles. The zero-order valence-corrected chi connectivity index (χ0v) is 17.0. The predicted molar refractivity (Wildman–Crippen MR) is 117 cm³/mol. The highest BCUT2D eigenvalue weighted by Gasteiger charge is 2.19. The number of anilines is 2. The molecule has 1 aliphatic heterocycles. The summed E-state index contributed by atoms with van der Waals surface area (Å²) in [6, 6.07) is 12.1. The first kappa shape index (κ1) is 18.4. The molecule has 7 nitrogen and oxygen atoms in total. The van der Waals surface area contributed by atoms with Gasteiger partial charge in [-0.05, 0) is 24.7 Å². The Hall–Kier alpha value is -3.58. The van der Waals surface area contributed by atoms with E-state index in [2.05, 4.69) is 33.3 Å². The number of pyridine rings is 2. The number of ether oxygens (including phenoxy) is 1. The van der Waals surface area contributed by atoms with E-state index in [1.807, 2.05) is 42.7 Å². The zero-order chi connectivity index (χ0) is 20.5. The number of para-hydroxylation sites is 1. The predicted octanol–water partition coefficient (Wildman–Crippen LogP) is 3.83. The minimum Gasteiger partial charge on any atom is -0.480 e. The molecule has 0 saturated heterocycles. The molecule has 4 heterocycles. The van der Waals surface area contributed by atoms with Crippen molar-refractivity contribution in [2.75, 3.05) is 26.0 Å². The maximum atomic E-state index is 5.54. The minimum atomic E-state index is 0.503. The molecule has 0 radical (unpaired) electrons. The number of rotatable bonds is 4. The summed E-state index contributed by atoms with van der Waals surface area (Å²) in [4.78, 5) is 20.6. The van der Waals surface area contributed by atoms with Gasteiger partial charge in [-0.25, -0.2) is 15.0 Å². The number of hydrogen-bond acceptors (Lipinski definition) is 7. The quantitative estimate of drug-likeness (QED) is 0.560. The van der Waals surface area contributed by atoms with Crippen LogP contribution in [0, 0.1) is 0 Å². The van der Waals surface area contributed by atoms with Crippen molar-refractivity contribution >= 4 is 22.5 Å². The van der Waals surface area contributed by atoms with Gasteiger partial charge in [0.25, 0.3) is 0 Å². The Morgan fingerprint density at radius 3 is 2.87 bits per heavy atom. The van der Waals surface area contributed by atoms with Gasteiger partial charge < -0.3 is 15.0 Å². The summed E-state index contributed by atoms with van der Waals surface area (Å²) in [6.45, 7) is 1.87. The molecule has 0 fully saturated rings. The average molecular weight is 398 g/mol. The van der Waals surface area contributed by atoms with E-state index in [0.717, 1.165) is 52.9 Å². The van der Waals surface area contributed by atoms with Crippen molar-refractivity contribution in [1.82, 2.24) is 24.8 Å². The van der Waals surface area contributed by atoms with Crippen LogP contribution in [0.3, 0.4) is 0 Å². The van der Waals surface area contributed by atoms with Crippen LogP contribution >= 0.6 is 0 Å². The molecule has 0 amide bonds. The van der Waals surface area contributed by atoms with E-state index in [1.165, 1.54) is 5.56 Å². The van der Waals surface area contributed by atoms with E-state index in [9.17, 15) is 0 Å². The van der Waals surface area contributed by atoms with Crippen molar-refractivity contribution in [3.05, 3.63) is 66.2 Å². The maximum absolute atomic E-state index is 5.54. The van der Waals surface area contributed by atoms with Gasteiger partial charge in [-0.2, -0.15) is 0 Å². The van der Waals surface area contributed by atoms with Crippen LogP contribution in [0.15, 0.2) is 55.0 Å². The van der Waals surface area contributed by atoms with E-state index < -0.39 is 0 Å². The van der Waals surface area contributed by atoms with Gasteiger partial charge in [-0.1, -0.05) is 24.3 Å². The zero-order valence-electron chi connectivity index (χ0n) is 17.0. The maximum Gasteiger partial charge on any atom is 0.237 e. The average Bonchev–Trinajstić information content (AvgIpc) is 2.78. The minimum absolute atomic E-state index is 0.503. The van der Waals surface area contributed by atoms with Gasteiger partial charge in [0.05, 0.1) is 18.3 Å². The van der Waals surface area contributed by atoms with E-state index in [1.54, 1.807) is 13.3 Å². The lowest BCUT2D eigenvalue weighted by Gasteiger charge is -2.25. The molecule has 0 unspecified atom stereocenters. The lowest BCUT2D eigenvalue weighted by atomic mass is 10.0. The summed E-state index contributed by atoms with van der Waals surface area (Å²) in [5.41, 5.74) is 5.96. The first-order valence-corrected chi connectivity index (χ1v) is 9.90. The highest BCUT2D eigenvalue weighted by atomic mass is 16.5. The fourth-order valence-electron chi connectivity index (χ4n) is 3.83. The smallest absolute Gasteiger partial charge is 0.237 e. The highest BCUT2D eigenvalue weighted by molar-refractivity contribution is 5.93. The van der Waals surface area contributed by atoms with Gasteiger partial charge in [0.2, 0.25) is 11.8 Å². The van der Waals surface area contributed by atoms with Crippen molar-refractivity contribution in [1.29, 1.82) is 0 Å². The number of nitrogens with one attached hydrogen (secondary N) is 1. The Kier molecular flexibility index (Phi) is 4.72. The van der Waals surface area contributed by atoms with Crippen LogP contribution < -0.4 is 10.1 Å². The van der Waals surface area contributed by atoms with Crippen LogP contribution in [-0.4, -0.2) is 45.5 Å². The Balaban J connectivity index is 1.56. The second-order valence-corrected chi connectivity index (χ2v) is 7.44. The van der Waals surface area contributed by atoms with E-state index in [0.29, 0.717) is 11.8 Å². The Labute approximate surface area is 174 Å². The van der Waals surface area contributed by atoms with Gasteiger partial charge in [0.15, 0.2) is 0 Å². The van der Waals surface area contributed by atoms with Crippen molar-refractivity contribution in [3.8, 4) is 17.0 Å². The van der Waals surface area contributed by atoms with Gasteiger partial charge in [0.1, 0.15) is 5.69 Å². The molecule has 30 heavy (non-hydrogen) atoms. The van der Waals surface area contributed by atoms with Crippen LogP contribution in [0.5, 0.6) is 5.88 Å². The van der Waals surface area contributed by atoms with Gasteiger partial charge in [-0.15, -0.1) is 0 Å². The van der Waals surface area contributed by atoms with Crippen molar-refractivity contribution in [3.63, 3.8) is 0 Å². The Morgan fingerprint density at radius 2 is 2.03 bits per heavy atom. The topological polar surface area (TPSA) is 76.1 Å². The van der Waals surface area contributed by atoms with E-state index in [4.69, 9.17) is 14.7 Å². The molecule has 1 aromatic carbocycles. The van der Waals surface area contributed by atoms with Gasteiger partial charge in [-0.3, -0.25) is 4.98 Å². The van der Waals surface area contributed by atoms with Crippen LogP contribution in [-0.2, 0) is 13.0 Å². The molecule has 3 aromatic heterocycles. The summed E-state index contributed by atoms with van der Waals surface area (Å²) in [5, 5.41) is 4.29. The molecular weight excluding hydrogens is 376 g/mol. The molecule has 5 rings (SSSR count). The van der Waals surface area contributed by atoms with Crippen molar-refractivity contribution in [2.45, 2.75) is 13.0 Å². The third-order valence-corrected chi connectivity index (χ3v) is 5.35. The second kappa shape index (κ2) is 7.68. The third kappa shape index (κ3) is 3.44. The molecule has 1 aliphatic rings. The first-order chi connectivity index (χ1) is 14.7. The van der Waals surface area contributed by atoms with Crippen molar-refractivity contribution in [2.24, 2.45) is 0 Å². The standard InChI is InChI=1S/C23H22N6O/c1-29-10-8-19-17(14-29)11-20(22(26-19)30-2)27-23-25-13-16-5-3-7-18(21(16)28-23)15-6-4-9-24-12-15/h3-7,9,11-13H,8,10,14H2,1-2H3,(H,25,27,28). The number of nitrogens with zero attached hydrogens (tertiary/aromatic N) is 5. The Morgan fingerprint density at radius 1 is 1.10 bits per heavy atom. The molecule has 0 spiro atoms. The van der Waals surface area contributed by atoms with Crippen LogP contribution in [0.2, 0.25) is 0 Å². The van der Waals surface area contributed by atoms with Crippen LogP contribution in [0.25, 0.3) is 22.0 Å². The monoisotopic (exact) mass is 398 g/mol. The number of aromatic nitrogens is 4. The summed E-state index contributed by atoms with van der Waals surface area (Å²) in [7, 11) is 3.75. The second-order valence-electron chi connectivity index (χ2n) is 7.44. The molecule has 0 atom stereocenters. The summed E-state index contributed by atoms with van der Waals surface area (Å²) in [6.07, 6.45) is 6.36. The fourth-order valence-corrected chi connectivity index (χ4v) is 3.83. The highest BCUT2D eigenvalue weighted by Crippen LogP contribution is 2.31. The van der Waals surface area contributed by atoms with E-state index >= 15 is 0 Å². The number of hydrogen-bond donors (Lipinski definition) is 1. The normalized spacial score (nSPS) is 13.8. The summed E-state index contributed by atoms with van der Waals surface area (Å²) < 4.78 is 5.54. The lowest BCUT2D eigenvalue weighted by Crippen LogP contribution is -2.27. The molecule has 1 N–H and O–H groups in total. The molecule has 4 aromatic rings. The molecule has 150 valence electrons. The molecular formula is C23H22N6O. The van der Waals surface area contributed by atoms with Gasteiger partial charge in [0, 0.05) is 54.6 Å². The number of likely N-dealkylation sites (N-methyl/N-ethyl adjacent to an activating group) is 1. The van der Waals surface area contributed by atoms with Gasteiger partial charge >= 0.3 is 0 Å². The summed E-state index contributed by atoms with van der Waals surface area (Å²) >= 11 is 0.